The Labute approximate surface area is 147 Å². The summed E-state index contributed by atoms with van der Waals surface area (Å²) >= 11 is 0. The number of carbonyl (C=O) groups is 1. The summed E-state index contributed by atoms with van der Waals surface area (Å²) in [6.07, 6.45) is 2.32. The van der Waals surface area contributed by atoms with Crippen LogP contribution >= 0.6 is 0 Å². The van der Waals surface area contributed by atoms with Crippen molar-refractivity contribution < 1.29 is 13.9 Å². The van der Waals surface area contributed by atoms with E-state index in [0.717, 1.165) is 18.4 Å². The Kier molecular flexibility index (Phi) is 5.34. The fourth-order valence-corrected chi connectivity index (χ4v) is 2.55. The molecular weight excluding hydrogens is 319 g/mol. The zero-order valence-corrected chi connectivity index (χ0v) is 14.3. The molecule has 0 aliphatic heterocycles. The van der Waals surface area contributed by atoms with Gasteiger partial charge in [-0.25, -0.2) is 4.39 Å². The summed E-state index contributed by atoms with van der Waals surface area (Å²) in [5.74, 6) is 0.242. The largest absolute Gasteiger partial charge is 0.490 e. The molecular formula is C20H23FN2O2. The van der Waals surface area contributed by atoms with E-state index in [4.69, 9.17) is 10.5 Å². The van der Waals surface area contributed by atoms with Crippen LogP contribution in [0.25, 0.3) is 0 Å². The number of ether oxygens (including phenoxy) is 1. The topological polar surface area (TPSA) is 64.4 Å². The first kappa shape index (κ1) is 17.4. The number of hydrogen-bond donors (Lipinski definition) is 2. The molecule has 1 aliphatic carbocycles. The lowest BCUT2D eigenvalue weighted by Gasteiger charge is -2.16. The van der Waals surface area contributed by atoms with E-state index in [9.17, 15) is 9.18 Å². The Balaban J connectivity index is 1.62. The van der Waals surface area contributed by atoms with Crippen molar-refractivity contribution in [3.8, 4) is 5.75 Å². The molecule has 0 spiro atoms. The van der Waals surface area contributed by atoms with Crippen LogP contribution in [0.5, 0.6) is 5.75 Å². The van der Waals surface area contributed by atoms with E-state index >= 15 is 0 Å². The molecule has 0 saturated heterocycles. The molecule has 1 atom stereocenters. The molecule has 4 nitrogen and oxygen atoms in total. The van der Waals surface area contributed by atoms with Gasteiger partial charge in [-0.15, -0.1) is 0 Å². The molecule has 1 aliphatic rings. The van der Waals surface area contributed by atoms with E-state index in [1.54, 1.807) is 24.3 Å². The Morgan fingerprint density at radius 2 is 2.00 bits per heavy atom. The van der Waals surface area contributed by atoms with Gasteiger partial charge in [0, 0.05) is 12.1 Å². The van der Waals surface area contributed by atoms with Crippen molar-refractivity contribution in [1.29, 1.82) is 0 Å². The number of carbonyl (C=O) groups excluding carboxylic acids is 1. The molecule has 0 bridgehead atoms. The molecule has 3 rings (SSSR count). The molecule has 5 heteroatoms. The molecule has 1 amide bonds. The minimum Gasteiger partial charge on any atom is -0.490 e. The lowest BCUT2D eigenvalue weighted by atomic mass is 10.1. The fraction of sp³-hybridized carbons (Fsp3) is 0.350. The van der Waals surface area contributed by atoms with Crippen molar-refractivity contribution in [2.24, 2.45) is 11.7 Å². The van der Waals surface area contributed by atoms with E-state index < -0.39 is 5.82 Å². The third kappa shape index (κ3) is 4.57. The summed E-state index contributed by atoms with van der Waals surface area (Å²) in [6, 6.07) is 11.6. The predicted molar refractivity (Wildman–Crippen MR) is 94.8 cm³/mol. The van der Waals surface area contributed by atoms with Crippen molar-refractivity contribution in [3.05, 3.63) is 65.0 Å². The maximum absolute atomic E-state index is 14.2. The highest BCUT2D eigenvalue weighted by atomic mass is 19.1. The van der Waals surface area contributed by atoms with Crippen molar-refractivity contribution in [2.75, 3.05) is 6.61 Å². The number of hydrogen-bond acceptors (Lipinski definition) is 3. The SMILES string of the molecule is CC(NC(=O)c1ccc(CN)cc1)c1ccc(OCC2CC2)c(F)c1. The first-order valence-electron chi connectivity index (χ1n) is 8.59. The van der Waals surface area contributed by atoms with Crippen LogP contribution in [0, 0.1) is 11.7 Å². The third-order valence-electron chi connectivity index (χ3n) is 4.43. The van der Waals surface area contributed by atoms with Crippen LogP contribution in [-0.2, 0) is 6.54 Å². The Hall–Kier alpha value is -2.40. The van der Waals surface area contributed by atoms with Gasteiger partial charge in [0.1, 0.15) is 0 Å². The standard InChI is InChI=1S/C20H23FN2O2/c1-13(23-20(24)16-6-4-14(11-22)5-7-16)17-8-9-19(18(21)10-17)25-12-15-2-3-15/h4-10,13,15H,2-3,11-12,22H2,1H3,(H,23,24). The number of amides is 1. The second-order valence-electron chi connectivity index (χ2n) is 6.54. The minimum absolute atomic E-state index is 0.203. The van der Waals surface area contributed by atoms with E-state index in [-0.39, 0.29) is 17.7 Å². The highest BCUT2D eigenvalue weighted by Crippen LogP contribution is 2.30. The second-order valence-corrected chi connectivity index (χ2v) is 6.54. The molecule has 0 heterocycles. The lowest BCUT2D eigenvalue weighted by Crippen LogP contribution is -2.26. The predicted octanol–water partition coefficient (Wildman–Crippen LogP) is 3.56. The Morgan fingerprint density at radius 1 is 1.28 bits per heavy atom. The van der Waals surface area contributed by atoms with Crippen molar-refractivity contribution in [2.45, 2.75) is 32.4 Å². The first-order chi connectivity index (χ1) is 12.1. The fourth-order valence-electron chi connectivity index (χ4n) is 2.55. The molecule has 2 aromatic rings. The number of rotatable bonds is 7. The van der Waals surface area contributed by atoms with Crippen LogP contribution in [0.1, 0.15) is 47.3 Å². The Bertz CT molecular complexity index is 742. The molecule has 25 heavy (non-hydrogen) atoms. The van der Waals surface area contributed by atoms with Gasteiger partial charge < -0.3 is 15.8 Å². The van der Waals surface area contributed by atoms with Gasteiger partial charge in [-0.3, -0.25) is 4.79 Å². The maximum Gasteiger partial charge on any atom is 0.251 e. The zero-order chi connectivity index (χ0) is 17.8. The average molecular weight is 342 g/mol. The summed E-state index contributed by atoms with van der Waals surface area (Å²) in [6.45, 7) is 2.83. The smallest absolute Gasteiger partial charge is 0.251 e. The molecule has 1 unspecified atom stereocenters. The monoisotopic (exact) mass is 342 g/mol. The van der Waals surface area contributed by atoms with Crippen LogP contribution < -0.4 is 15.8 Å². The van der Waals surface area contributed by atoms with Gasteiger partial charge >= 0.3 is 0 Å². The van der Waals surface area contributed by atoms with E-state index in [0.29, 0.717) is 30.2 Å². The average Bonchev–Trinajstić information content (AvgIpc) is 3.45. The molecule has 3 N–H and O–H groups in total. The van der Waals surface area contributed by atoms with Gasteiger partial charge in [0.2, 0.25) is 0 Å². The van der Waals surface area contributed by atoms with Crippen LogP contribution in [0.4, 0.5) is 4.39 Å². The van der Waals surface area contributed by atoms with Crippen molar-refractivity contribution in [1.82, 2.24) is 5.32 Å². The minimum atomic E-state index is -0.397. The summed E-state index contributed by atoms with van der Waals surface area (Å²) in [5.41, 5.74) is 7.77. The van der Waals surface area contributed by atoms with E-state index in [2.05, 4.69) is 5.32 Å². The van der Waals surface area contributed by atoms with E-state index in [1.165, 1.54) is 6.07 Å². The Morgan fingerprint density at radius 3 is 2.60 bits per heavy atom. The second kappa shape index (κ2) is 7.66. The third-order valence-corrected chi connectivity index (χ3v) is 4.43. The lowest BCUT2D eigenvalue weighted by molar-refractivity contribution is 0.0940. The highest BCUT2D eigenvalue weighted by molar-refractivity contribution is 5.94. The van der Waals surface area contributed by atoms with Gasteiger partial charge in [-0.1, -0.05) is 18.2 Å². The van der Waals surface area contributed by atoms with Crippen LogP contribution in [0.3, 0.4) is 0 Å². The summed E-state index contributed by atoms with van der Waals surface area (Å²) in [5, 5.41) is 2.88. The number of nitrogens with one attached hydrogen (secondary N) is 1. The number of benzene rings is 2. The molecule has 0 radical (unpaired) electrons. The molecule has 1 fully saturated rings. The van der Waals surface area contributed by atoms with Gasteiger partial charge in [0.05, 0.1) is 12.6 Å². The van der Waals surface area contributed by atoms with Gasteiger partial charge in [-0.2, -0.15) is 0 Å². The number of halogens is 1. The maximum atomic E-state index is 14.2. The summed E-state index contributed by atoms with van der Waals surface area (Å²) in [7, 11) is 0. The van der Waals surface area contributed by atoms with Crippen LogP contribution in [0.15, 0.2) is 42.5 Å². The molecule has 1 saturated carbocycles. The number of nitrogens with two attached hydrogens (primary N) is 1. The van der Waals surface area contributed by atoms with Gasteiger partial charge in [0.25, 0.3) is 5.91 Å². The first-order valence-corrected chi connectivity index (χ1v) is 8.59. The quantitative estimate of drug-likeness (QED) is 0.808. The molecule has 132 valence electrons. The highest BCUT2D eigenvalue weighted by Gasteiger charge is 2.22. The van der Waals surface area contributed by atoms with E-state index in [1.807, 2.05) is 19.1 Å². The van der Waals surface area contributed by atoms with Crippen LogP contribution in [-0.4, -0.2) is 12.5 Å². The summed E-state index contributed by atoms with van der Waals surface area (Å²) in [4.78, 5) is 12.3. The molecule has 2 aromatic carbocycles. The molecule has 0 aromatic heterocycles. The summed E-state index contributed by atoms with van der Waals surface area (Å²) < 4.78 is 19.7. The normalized spacial score (nSPS) is 14.8. The van der Waals surface area contributed by atoms with Gasteiger partial charge in [-0.05, 0) is 61.1 Å². The van der Waals surface area contributed by atoms with Crippen molar-refractivity contribution in [3.63, 3.8) is 0 Å². The van der Waals surface area contributed by atoms with Crippen molar-refractivity contribution >= 4 is 5.91 Å². The van der Waals surface area contributed by atoms with Gasteiger partial charge in [0.15, 0.2) is 11.6 Å². The van der Waals surface area contributed by atoms with Crippen LogP contribution in [0.2, 0.25) is 0 Å². The zero-order valence-electron chi connectivity index (χ0n) is 14.3.